The molecule has 0 saturated carbocycles. The van der Waals surface area contributed by atoms with Gasteiger partial charge >= 0.3 is 0 Å². The van der Waals surface area contributed by atoms with Gasteiger partial charge in [-0.2, -0.15) is 0 Å². The summed E-state index contributed by atoms with van der Waals surface area (Å²) in [5, 5.41) is 0. The van der Waals surface area contributed by atoms with Crippen molar-refractivity contribution in [3.05, 3.63) is 18.1 Å². The van der Waals surface area contributed by atoms with Crippen molar-refractivity contribution >= 4 is 18.2 Å². The van der Waals surface area contributed by atoms with E-state index in [1.807, 2.05) is 13.8 Å². The summed E-state index contributed by atoms with van der Waals surface area (Å²) in [5.41, 5.74) is 0.616. The van der Waals surface area contributed by atoms with Gasteiger partial charge in [0.1, 0.15) is 6.33 Å². The third kappa shape index (κ3) is 1.61. The maximum atomic E-state index is 4.34. The third-order valence-corrected chi connectivity index (χ3v) is 1.76. The van der Waals surface area contributed by atoms with E-state index in [0.29, 0.717) is 5.82 Å². The van der Waals surface area contributed by atoms with Crippen LogP contribution in [0.5, 0.6) is 0 Å². The molecule has 1 aromatic rings. The van der Waals surface area contributed by atoms with Crippen molar-refractivity contribution in [2.24, 2.45) is 9.98 Å². The molecule has 66 valence electrons. The van der Waals surface area contributed by atoms with E-state index in [1.165, 1.54) is 6.33 Å². The van der Waals surface area contributed by atoms with Gasteiger partial charge in [-0.25, -0.2) is 15.0 Å². The minimum atomic E-state index is -0.249. The summed E-state index contributed by atoms with van der Waals surface area (Å²) in [6, 6.07) is 0. The van der Waals surface area contributed by atoms with E-state index in [1.54, 1.807) is 18.6 Å². The Bertz CT molecular complexity index is 344. The van der Waals surface area contributed by atoms with Crippen molar-refractivity contribution in [2.45, 2.75) is 19.4 Å². The fourth-order valence-electron chi connectivity index (χ4n) is 1.02. The molecule has 0 unspecified atom stereocenters. The van der Waals surface area contributed by atoms with Crippen LogP contribution in [0.2, 0.25) is 0 Å². The summed E-state index contributed by atoms with van der Waals surface area (Å²) in [6.07, 6.45) is 6.76. The number of fused-ring (bicyclic) bond motifs is 1. The Kier molecular flexibility index (Phi) is 1.69. The molecule has 0 aromatic carbocycles. The van der Waals surface area contributed by atoms with Crippen LogP contribution in [-0.2, 0) is 0 Å². The summed E-state index contributed by atoms with van der Waals surface area (Å²) in [5.74, 6) is 0.685. The number of aromatic nitrogens is 2. The van der Waals surface area contributed by atoms with Crippen molar-refractivity contribution in [1.29, 1.82) is 0 Å². The minimum Gasteiger partial charge on any atom is -0.281 e. The monoisotopic (exact) mass is 174 g/mol. The molecule has 0 bridgehead atoms. The minimum absolute atomic E-state index is 0.249. The molecule has 0 radical (unpaired) electrons. The average Bonchev–Trinajstić information content (AvgIpc) is 2.27. The van der Waals surface area contributed by atoms with E-state index in [9.17, 15) is 0 Å². The van der Waals surface area contributed by atoms with Crippen LogP contribution in [0.15, 0.2) is 22.5 Å². The second-order valence-electron chi connectivity index (χ2n) is 3.47. The highest BCUT2D eigenvalue weighted by atomic mass is 15.0. The number of hydrogen-bond donors (Lipinski definition) is 0. The average molecular weight is 174 g/mol. The summed E-state index contributed by atoms with van der Waals surface area (Å²) in [7, 11) is 0. The Balaban J connectivity index is 2.53. The maximum Gasteiger partial charge on any atom is 0.163 e. The smallest absolute Gasteiger partial charge is 0.163 e. The molecule has 4 nitrogen and oxygen atoms in total. The standard InChI is InChI=1S/C9H10N4/c1-9(2)5-11-8-7(4-13-9)3-10-6-12-8/h3-6H,1-2H3. The third-order valence-electron chi connectivity index (χ3n) is 1.76. The van der Waals surface area contributed by atoms with Gasteiger partial charge in [0.2, 0.25) is 0 Å². The molecular formula is C9H10N4. The molecule has 1 aliphatic rings. The summed E-state index contributed by atoms with van der Waals surface area (Å²) in [4.78, 5) is 16.5. The van der Waals surface area contributed by atoms with Gasteiger partial charge in [0, 0.05) is 18.6 Å². The lowest BCUT2D eigenvalue weighted by Crippen LogP contribution is -2.17. The zero-order chi connectivity index (χ0) is 9.31. The molecule has 0 saturated heterocycles. The SMILES string of the molecule is CC1(C)C=Nc2ncncc2C=N1. The van der Waals surface area contributed by atoms with E-state index < -0.39 is 0 Å². The van der Waals surface area contributed by atoms with Crippen molar-refractivity contribution in [2.75, 3.05) is 0 Å². The van der Waals surface area contributed by atoms with Crippen LogP contribution in [0.4, 0.5) is 5.82 Å². The molecule has 2 heterocycles. The quantitative estimate of drug-likeness (QED) is 0.596. The molecule has 0 amide bonds. The molecular weight excluding hydrogens is 164 g/mol. The van der Waals surface area contributed by atoms with Crippen LogP contribution in [0.25, 0.3) is 0 Å². The Morgan fingerprint density at radius 2 is 2.15 bits per heavy atom. The zero-order valence-corrected chi connectivity index (χ0v) is 7.60. The van der Waals surface area contributed by atoms with Crippen molar-refractivity contribution in [3.63, 3.8) is 0 Å². The molecule has 0 fully saturated rings. The first-order valence-electron chi connectivity index (χ1n) is 4.08. The Morgan fingerprint density at radius 1 is 1.31 bits per heavy atom. The molecule has 2 rings (SSSR count). The fraction of sp³-hybridized carbons (Fsp3) is 0.333. The molecule has 0 aliphatic carbocycles. The summed E-state index contributed by atoms with van der Waals surface area (Å²) in [6.45, 7) is 3.98. The van der Waals surface area contributed by atoms with Gasteiger partial charge in [0.25, 0.3) is 0 Å². The highest BCUT2D eigenvalue weighted by Crippen LogP contribution is 2.17. The predicted octanol–water partition coefficient (Wildman–Crippen LogP) is 1.39. The van der Waals surface area contributed by atoms with Crippen LogP contribution in [0, 0.1) is 0 Å². The first kappa shape index (κ1) is 8.04. The molecule has 0 N–H and O–H groups in total. The van der Waals surface area contributed by atoms with E-state index in [2.05, 4.69) is 20.0 Å². The summed E-state index contributed by atoms with van der Waals surface area (Å²) < 4.78 is 0. The van der Waals surface area contributed by atoms with Crippen molar-refractivity contribution in [3.8, 4) is 0 Å². The van der Waals surface area contributed by atoms with Crippen LogP contribution in [0.1, 0.15) is 19.4 Å². The number of nitrogens with zero attached hydrogens (tertiary/aromatic N) is 4. The highest BCUT2D eigenvalue weighted by Gasteiger charge is 2.15. The maximum absolute atomic E-state index is 4.34. The van der Waals surface area contributed by atoms with Gasteiger partial charge in [0.15, 0.2) is 5.82 Å². The predicted molar refractivity (Wildman–Crippen MR) is 51.9 cm³/mol. The van der Waals surface area contributed by atoms with Gasteiger partial charge in [-0.05, 0) is 13.8 Å². The largest absolute Gasteiger partial charge is 0.281 e. The van der Waals surface area contributed by atoms with Gasteiger partial charge < -0.3 is 0 Å². The molecule has 0 atom stereocenters. The molecule has 4 heteroatoms. The number of hydrogen-bond acceptors (Lipinski definition) is 4. The van der Waals surface area contributed by atoms with Crippen LogP contribution >= 0.6 is 0 Å². The second-order valence-corrected chi connectivity index (χ2v) is 3.47. The summed E-state index contributed by atoms with van der Waals surface area (Å²) >= 11 is 0. The highest BCUT2D eigenvalue weighted by molar-refractivity contribution is 5.90. The van der Waals surface area contributed by atoms with Crippen molar-refractivity contribution in [1.82, 2.24) is 9.97 Å². The van der Waals surface area contributed by atoms with Crippen LogP contribution in [-0.4, -0.2) is 27.9 Å². The first-order valence-corrected chi connectivity index (χ1v) is 4.08. The molecule has 1 aliphatic heterocycles. The van der Waals surface area contributed by atoms with Gasteiger partial charge in [-0.1, -0.05) is 0 Å². The van der Waals surface area contributed by atoms with Crippen LogP contribution in [0.3, 0.4) is 0 Å². The normalized spacial score (nSPS) is 18.0. The Hall–Kier alpha value is -1.58. The number of aliphatic imine (C=N–C) groups is 2. The van der Waals surface area contributed by atoms with E-state index in [4.69, 9.17) is 0 Å². The Labute approximate surface area is 76.5 Å². The van der Waals surface area contributed by atoms with Crippen LogP contribution < -0.4 is 0 Å². The van der Waals surface area contributed by atoms with E-state index in [-0.39, 0.29) is 5.54 Å². The molecule has 1 aromatic heterocycles. The Morgan fingerprint density at radius 3 is 3.00 bits per heavy atom. The molecule has 13 heavy (non-hydrogen) atoms. The first-order chi connectivity index (χ1) is 6.17. The topological polar surface area (TPSA) is 50.5 Å². The second kappa shape index (κ2) is 2.73. The lowest BCUT2D eigenvalue weighted by molar-refractivity contribution is 0.723. The van der Waals surface area contributed by atoms with E-state index >= 15 is 0 Å². The van der Waals surface area contributed by atoms with Gasteiger partial charge in [0.05, 0.1) is 11.1 Å². The van der Waals surface area contributed by atoms with Gasteiger partial charge in [-0.3, -0.25) is 4.99 Å². The fourth-order valence-corrected chi connectivity index (χ4v) is 1.02. The number of rotatable bonds is 0. The lowest BCUT2D eigenvalue weighted by Gasteiger charge is -2.09. The molecule has 0 spiro atoms. The lowest BCUT2D eigenvalue weighted by atomic mass is 10.1. The zero-order valence-electron chi connectivity index (χ0n) is 7.60. The van der Waals surface area contributed by atoms with Gasteiger partial charge in [-0.15, -0.1) is 0 Å². The van der Waals surface area contributed by atoms with Crippen molar-refractivity contribution < 1.29 is 0 Å². The van der Waals surface area contributed by atoms with E-state index in [0.717, 1.165) is 5.56 Å².